The van der Waals surface area contributed by atoms with Crippen LogP contribution in [-0.2, 0) is 68.7 Å². The Hall–Kier alpha value is -10.2. The number of nitrogens with two attached hydrogens (primary N) is 1. The molecule has 13 amide bonds. The van der Waals surface area contributed by atoms with Gasteiger partial charge in [-0.25, -0.2) is 14.4 Å². The summed E-state index contributed by atoms with van der Waals surface area (Å²) >= 11 is 0. The van der Waals surface area contributed by atoms with E-state index < -0.39 is 163 Å². The molecule has 12 N–H and O–H groups in total. The number of aliphatic hydroxyl groups excluding tert-OH is 1. The highest BCUT2D eigenvalue weighted by Gasteiger charge is 2.44. The lowest BCUT2D eigenvalue weighted by molar-refractivity contribution is -0.148. The monoisotopic (exact) mass is 1520 g/mol. The molecule has 6 rings (SSSR count). The normalized spacial score (nSPS) is 16.2. The van der Waals surface area contributed by atoms with Gasteiger partial charge >= 0.3 is 18.2 Å². The summed E-state index contributed by atoms with van der Waals surface area (Å²) in [6, 6.07) is 23.8. The third-order valence-electron chi connectivity index (χ3n) is 20.2. The molecule has 1 heterocycles. The minimum atomic E-state index is -1.21. The van der Waals surface area contributed by atoms with Gasteiger partial charge in [0.1, 0.15) is 43.9 Å². The van der Waals surface area contributed by atoms with Crippen molar-refractivity contribution in [1.29, 1.82) is 0 Å². The van der Waals surface area contributed by atoms with Crippen LogP contribution in [0.3, 0.4) is 0 Å². The summed E-state index contributed by atoms with van der Waals surface area (Å²) < 4.78 is 23.2. The van der Waals surface area contributed by atoms with E-state index in [4.69, 9.17) is 24.7 Å². The van der Waals surface area contributed by atoms with Crippen LogP contribution < -0.4 is 53.6 Å². The van der Waals surface area contributed by atoms with Gasteiger partial charge in [-0.3, -0.25) is 48.1 Å². The van der Waals surface area contributed by atoms with E-state index in [-0.39, 0.29) is 68.4 Å². The van der Waals surface area contributed by atoms with E-state index in [0.29, 0.717) is 36.9 Å². The Morgan fingerprint density at radius 3 is 1.77 bits per heavy atom. The molecule has 0 bridgehead atoms. The molecule has 4 aromatic carbocycles. The van der Waals surface area contributed by atoms with E-state index in [9.17, 15) is 62.6 Å². The summed E-state index contributed by atoms with van der Waals surface area (Å²) in [5.74, 6) is -7.77. The Morgan fingerprint density at radius 2 is 1.20 bits per heavy atom. The Morgan fingerprint density at radius 1 is 0.615 bits per heavy atom. The quantitative estimate of drug-likeness (QED) is 0.0250. The lowest BCUT2D eigenvalue weighted by atomic mass is 9.89. The largest absolute Gasteiger partial charge is 0.449 e. The van der Waals surface area contributed by atoms with Crippen molar-refractivity contribution in [3.8, 4) is 11.1 Å². The lowest BCUT2D eigenvalue weighted by Gasteiger charge is -2.41. The molecule has 12 atom stereocenters. The van der Waals surface area contributed by atoms with Crippen molar-refractivity contribution in [2.75, 3.05) is 73.0 Å². The number of nitrogens with one attached hydrogen (secondary N) is 9. The number of hydrogen-bond acceptors (Lipinski definition) is 17. The maximum absolute atomic E-state index is 14.9. The van der Waals surface area contributed by atoms with Crippen molar-refractivity contribution in [1.82, 2.24) is 57.2 Å². The van der Waals surface area contributed by atoms with Gasteiger partial charge in [0.15, 0.2) is 0 Å². The van der Waals surface area contributed by atoms with Gasteiger partial charge in [0.2, 0.25) is 53.2 Å². The molecule has 0 saturated carbocycles. The molecule has 4 aromatic rings. The third-order valence-corrected chi connectivity index (χ3v) is 20.2. The fourth-order valence-corrected chi connectivity index (χ4v) is 13.9. The Bertz CT molecular complexity index is 3710. The minimum Gasteiger partial charge on any atom is -0.449 e. The van der Waals surface area contributed by atoms with Crippen molar-refractivity contribution >= 4 is 77.1 Å². The van der Waals surface area contributed by atoms with Crippen LogP contribution in [0.1, 0.15) is 142 Å². The number of ether oxygens (including phenoxy) is 4. The molecule has 30 nitrogen and oxygen atoms in total. The molecule has 0 aromatic heterocycles. The molecular formula is C79H113N13O17. The van der Waals surface area contributed by atoms with E-state index in [1.807, 2.05) is 80.6 Å². The number of aliphatic hydroxyl groups is 1. The number of likely N-dealkylation sites (N-methyl/N-ethyl adjacent to an activating group) is 2. The fraction of sp³-hybridized carbons (Fsp3) is 0.544. The lowest BCUT2D eigenvalue weighted by Crippen LogP contribution is -2.60. The van der Waals surface area contributed by atoms with Gasteiger partial charge in [-0.15, -0.1) is 0 Å². The summed E-state index contributed by atoms with van der Waals surface area (Å²) in [6.07, 6.45) is -2.16. The zero-order chi connectivity index (χ0) is 80.3. The van der Waals surface area contributed by atoms with E-state index in [1.165, 1.54) is 38.3 Å². The highest BCUT2D eigenvalue weighted by Crippen LogP contribution is 2.44. The first kappa shape index (κ1) is 87.7. The molecule has 1 aliphatic carbocycles. The van der Waals surface area contributed by atoms with Crippen LogP contribution >= 0.6 is 0 Å². The number of hydrogen-bond donors (Lipinski definition) is 11. The second-order valence-corrected chi connectivity index (χ2v) is 29.0. The van der Waals surface area contributed by atoms with Gasteiger partial charge in [-0.1, -0.05) is 160 Å². The summed E-state index contributed by atoms with van der Waals surface area (Å²) in [4.78, 5) is 166. The average Bonchev–Trinajstić information content (AvgIpc) is 1.60. The molecule has 0 spiro atoms. The van der Waals surface area contributed by atoms with E-state index >= 15 is 0 Å². The number of carbonyl (C=O) groups is 12. The van der Waals surface area contributed by atoms with Gasteiger partial charge in [0.05, 0.1) is 61.9 Å². The molecule has 1 fully saturated rings. The van der Waals surface area contributed by atoms with Crippen LogP contribution in [-0.4, -0.2) is 213 Å². The highest BCUT2D eigenvalue weighted by molar-refractivity contribution is 5.99. The third kappa shape index (κ3) is 24.9. The van der Waals surface area contributed by atoms with Crippen molar-refractivity contribution in [3.05, 3.63) is 125 Å². The summed E-state index contributed by atoms with van der Waals surface area (Å²) in [5, 5.41) is 34.4. The predicted octanol–water partition coefficient (Wildman–Crippen LogP) is 5.36. The van der Waals surface area contributed by atoms with Crippen LogP contribution in [0.2, 0.25) is 0 Å². The fourth-order valence-electron chi connectivity index (χ4n) is 13.9. The van der Waals surface area contributed by atoms with Crippen molar-refractivity contribution in [3.63, 3.8) is 0 Å². The molecule has 109 heavy (non-hydrogen) atoms. The van der Waals surface area contributed by atoms with Gasteiger partial charge < -0.3 is 87.4 Å². The first-order chi connectivity index (χ1) is 51.8. The Kier molecular flexibility index (Phi) is 34.2. The number of benzene rings is 4. The standard InChI is InChI=1S/C79H113N13O17/c1-15-48(8)69(61(106-13)39-65(96)92-38-24-32-60(92)71(107-14)49(9)72(98)85-50(10)70(97)52-25-17-16-18-26-52)90(11)76(102)67(46(4)5)89-75(101)68(47(6)7)91(12)79(105)109-43-51-33-35-53(36-34-51)86-73(99)59(31-23-37-81-77(80)103)87-74(100)66(45(2)3)88-64(95)42-83-62(93)40-82-63(94)41-84-78(104)108-44-58-56-29-21-19-27-54(56)55-28-20-22-30-57(55)58/h16-22,25-30,33-36,45-50,58-61,66-71,97H,15,23-24,31-32,37-44H2,1-14H3,(H,82,94)(H,83,93)(H,84,104)(H,85,98)(H,86,99)(H,87,100)(H,88,95)(H,89,101)(H3,80,81,103)/t48-,49+,50+,59-,60-,61+,66-,67-,68-,69-,70+,71+/m0/s1. The van der Waals surface area contributed by atoms with Crippen LogP contribution in [0, 0.1) is 29.6 Å². The average molecular weight is 1520 g/mol. The number of likely N-dealkylation sites (tertiary alicyclic amines) is 1. The SMILES string of the molecule is CC[C@H](C)[C@@H]([C@@H](CC(=O)N1CCC[C@H]1[C@H](OC)[C@@H](C)C(=O)N[C@H](C)[C@@H](O)c1ccccc1)OC)N(C)C(=O)[C@@H](NC(=O)[C@H](C(C)C)N(C)C(=O)OCc1ccc(NC(=O)[C@H](CCCNC(N)=O)NC(=O)[C@@H](NC(=O)CNC(=O)CNC(=O)CNC(=O)OCC2c3ccccc3-c3ccccc32)C(C)C)cc1)C(C)C. The number of fused-ring (bicyclic) bond motifs is 3. The summed E-state index contributed by atoms with van der Waals surface area (Å²) in [7, 11) is 6.04. The van der Waals surface area contributed by atoms with E-state index in [0.717, 1.165) is 27.2 Å². The molecule has 1 aliphatic heterocycles. The van der Waals surface area contributed by atoms with Crippen LogP contribution in [0.5, 0.6) is 0 Å². The number of anilines is 1. The van der Waals surface area contributed by atoms with Gasteiger partial charge in [0.25, 0.3) is 0 Å². The van der Waals surface area contributed by atoms with Crippen LogP contribution in [0.15, 0.2) is 103 Å². The van der Waals surface area contributed by atoms with Gasteiger partial charge in [0, 0.05) is 53.0 Å². The Balaban J connectivity index is 0.982. The topological polar surface area (TPSA) is 406 Å². The molecular weight excluding hydrogens is 1400 g/mol. The molecule has 0 unspecified atom stereocenters. The van der Waals surface area contributed by atoms with Gasteiger partial charge in [-0.2, -0.15) is 0 Å². The number of rotatable bonds is 40. The van der Waals surface area contributed by atoms with Gasteiger partial charge in [-0.05, 0) is 102 Å². The van der Waals surface area contributed by atoms with Crippen molar-refractivity contribution < 1.29 is 81.6 Å². The number of amides is 13. The molecule has 596 valence electrons. The number of urea groups is 1. The smallest absolute Gasteiger partial charge is 0.410 e. The van der Waals surface area contributed by atoms with Crippen molar-refractivity contribution in [2.45, 2.75) is 181 Å². The predicted molar refractivity (Wildman–Crippen MR) is 408 cm³/mol. The molecule has 2 aliphatic rings. The van der Waals surface area contributed by atoms with E-state index in [1.54, 1.807) is 91.6 Å². The number of primary amides is 1. The summed E-state index contributed by atoms with van der Waals surface area (Å²) in [6.45, 7) is 16.4. The second-order valence-electron chi connectivity index (χ2n) is 29.0. The first-order valence-electron chi connectivity index (χ1n) is 37.3. The molecule has 30 heteroatoms. The number of nitrogens with zero attached hydrogens (tertiary/aromatic N) is 3. The number of methoxy groups -OCH3 is 2. The first-order valence-corrected chi connectivity index (χ1v) is 37.3. The molecule has 1 saturated heterocycles. The van der Waals surface area contributed by atoms with Crippen molar-refractivity contribution in [2.24, 2.45) is 35.3 Å². The van der Waals surface area contributed by atoms with Crippen LogP contribution in [0.4, 0.5) is 20.1 Å². The zero-order valence-corrected chi connectivity index (χ0v) is 65.1. The number of carbonyl (C=O) groups excluding carboxylic acids is 12. The van der Waals surface area contributed by atoms with Crippen LogP contribution in [0.25, 0.3) is 11.1 Å². The Labute approximate surface area is 638 Å². The van der Waals surface area contributed by atoms with E-state index in [2.05, 4.69) is 47.9 Å². The summed E-state index contributed by atoms with van der Waals surface area (Å²) in [5.41, 5.74) is 10.8. The maximum atomic E-state index is 14.9. The zero-order valence-electron chi connectivity index (χ0n) is 65.1. The highest BCUT2D eigenvalue weighted by atomic mass is 16.6. The maximum Gasteiger partial charge on any atom is 0.410 e. The number of alkyl carbamates (subject to hydrolysis) is 1. The minimum absolute atomic E-state index is 0.00615. The second kappa shape index (κ2) is 42.5. The molecule has 0 radical (unpaired) electrons.